The van der Waals surface area contributed by atoms with Gasteiger partial charge in [-0.1, -0.05) is 70.2 Å². The second-order valence-corrected chi connectivity index (χ2v) is 9.66. The van der Waals surface area contributed by atoms with Crippen molar-refractivity contribution in [2.24, 2.45) is 0 Å². The van der Waals surface area contributed by atoms with Gasteiger partial charge in [0.15, 0.2) is 6.61 Å². The SMILES string of the molecule is O=C(O)COc1ccc(Br)cc1[C@H]1Nc2ccccc2-c2c(=O)[nH]c(SCc3ccccc3)n[n+]21. The Hall–Kier alpha value is -3.63. The molecule has 0 unspecified atom stereocenters. The lowest BCUT2D eigenvalue weighted by Gasteiger charge is -2.23. The van der Waals surface area contributed by atoms with E-state index in [-0.39, 0.29) is 5.56 Å². The number of rotatable bonds is 7. The Balaban J connectivity index is 1.61. The minimum atomic E-state index is -1.08. The van der Waals surface area contributed by atoms with E-state index in [4.69, 9.17) is 14.9 Å². The Morgan fingerprint density at radius 2 is 1.89 bits per heavy atom. The highest BCUT2D eigenvalue weighted by Gasteiger charge is 2.39. The maximum atomic E-state index is 13.3. The van der Waals surface area contributed by atoms with Crippen molar-refractivity contribution in [3.8, 4) is 17.0 Å². The van der Waals surface area contributed by atoms with Crippen molar-refractivity contribution in [1.82, 2.24) is 10.1 Å². The van der Waals surface area contributed by atoms with E-state index in [1.54, 1.807) is 16.8 Å². The number of fused-ring (bicyclic) bond motifs is 3. The van der Waals surface area contributed by atoms with Crippen LogP contribution in [-0.2, 0) is 10.5 Å². The zero-order valence-electron chi connectivity index (χ0n) is 18.3. The molecule has 10 heteroatoms. The summed E-state index contributed by atoms with van der Waals surface area (Å²) in [5.41, 5.74) is 3.37. The van der Waals surface area contributed by atoms with E-state index >= 15 is 0 Å². The van der Waals surface area contributed by atoms with Gasteiger partial charge in [-0.15, -0.1) is 0 Å². The number of aromatic nitrogens is 3. The number of hydrogen-bond acceptors (Lipinski definition) is 6. The van der Waals surface area contributed by atoms with E-state index in [9.17, 15) is 9.59 Å². The molecule has 35 heavy (non-hydrogen) atoms. The van der Waals surface area contributed by atoms with Crippen molar-refractivity contribution >= 4 is 39.3 Å². The number of thioether (sulfide) groups is 1. The molecular weight excluding hydrogens is 532 g/mol. The molecular formula is C25H20BrN4O4S+. The van der Waals surface area contributed by atoms with Gasteiger partial charge in [-0.25, -0.2) is 4.79 Å². The van der Waals surface area contributed by atoms with Gasteiger partial charge in [0.05, 0.1) is 16.8 Å². The predicted molar refractivity (Wildman–Crippen MR) is 136 cm³/mol. The Kier molecular flexibility index (Phi) is 6.56. The van der Waals surface area contributed by atoms with Crippen molar-refractivity contribution in [3.63, 3.8) is 0 Å². The van der Waals surface area contributed by atoms with Gasteiger partial charge in [0.2, 0.25) is 5.16 Å². The topological polar surface area (TPSA) is 108 Å². The van der Waals surface area contributed by atoms with Crippen LogP contribution in [0.3, 0.4) is 0 Å². The number of halogens is 1. The number of nitrogens with one attached hydrogen (secondary N) is 2. The predicted octanol–water partition coefficient (Wildman–Crippen LogP) is 4.22. The zero-order chi connectivity index (χ0) is 24.4. The van der Waals surface area contributed by atoms with Gasteiger partial charge in [-0.2, -0.15) is 0 Å². The van der Waals surface area contributed by atoms with Crippen LogP contribution in [0.5, 0.6) is 5.75 Å². The molecule has 1 aliphatic rings. The summed E-state index contributed by atoms with van der Waals surface area (Å²) in [5.74, 6) is -0.0590. The molecule has 0 fully saturated rings. The number of benzene rings is 3. The zero-order valence-corrected chi connectivity index (χ0v) is 20.7. The molecule has 3 N–H and O–H groups in total. The van der Waals surface area contributed by atoms with E-state index in [2.05, 4.69) is 26.2 Å². The van der Waals surface area contributed by atoms with E-state index < -0.39 is 18.7 Å². The standard InChI is InChI=1S/C25H19BrN4O4S/c26-16-10-11-20(34-13-21(31)32)18(12-16)23-27-19-9-5-4-8-17(19)22-24(33)28-25(29-30(22)23)35-14-15-6-2-1-3-7-15/h1-12,23H,13-14H2,(H2,28,29,31,32,33)/p+1/t23-/m0/s1. The Morgan fingerprint density at radius 3 is 2.69 bits per heavy atom. The second-order valence-electron chi connectivity index (χ2n) is 7.78. The van der Waals surface area contributed by atoms with Crippen molar-refractivity contribution in [1.29, 1.82) is 0 Å². The molecule has 3 aromatic carbocycles. The summed E-state index contributed by atoms with van der Waals surface area (Å²) in [7, 11) is 0. The van der Waals surface area contributed by atoms with Crippen LogP contribution in [0.25, 0.3) is 11.3 Å². The average Bonchev–Trinajstić information content (AvgIpc) is 2.86. The summed E-state index contributed by atoms with van der Waals surface area (Å²) in [4.78, 5) is 27.4. The first kappa shape index (κ1) is 23.1. The van der Waals surface area contributed by atoms with Crippen LogP contribution in [0.4, 0.5) is 5.69 Å². The summed E-state index contributed by atoms with van der Waals surface area (Å²) in [6, 6.07) is 22.7. The molecule has 0 saturated carbocycles. The van der Waals surface area contributed by atoms with Crippen molar-refractivity contribution in [2.75, 3.05) is 11.9 Å². The molecule has 1 atom stereocenters. The smallest absolute Gasteiger partial charge is 0.341 e. The maximum absolute atomic E-state index is 13.3. The fraction of sp³-hybridized carbons (Fsp3) is 0.120. The van der Waals surface area contributed by atoms with Gasteiger partial charge in [0.1, 0.15) is 5.75 Å². The summed E-state index contributed by atoms with van der Waals surface area (Å²) in [5, 5.41) is 17.8. The third-order valence-corrected chi connectivity index (χ3v) is 6.85. The first-order valence-corrected chi connectivity index (χ1v) is 12.5. The Morgan fingerprint density at radius 1 is 1.11 bits per heavy atom. The monoisotopic (exact) mass is 551 g/mol. The first-order valence-electron chi connectivity index (χ1n) is 10.7. The molecule has 0 aliphatic carbocycles. The Bertz CT molecular complexity index is 1460. The Labute approximate surface area is 213 Å². The van der Waals surface area contributed by atoms with Gasteiger partial charge in [-0.3, -0.25) is 9.78 Å². The number of aromatic amines is 1. The summed E-state index contributed by atoms with van der Waals surface area (Å²) in [6.07, 6.45) is -0.612. The number of carbonyl (C=O) groups is 1. The second kappa shape index (κ2) is 9.93. The molecule has 176 valence electrons. The number of anilines is 1. The van der Waals surface area contributed by atoms with Crippen LogP contribution in [0.2, 0.25) is 0 Å². The number of ether oxygens (including phenoxy) is 1. The van der Waals surface area contributed by atoms with Crippen molar-refractivity contribution in [3.05, 3.63) is 98.7 Å². The fourth-order valence-corrected chi connectivity index (χ4v) is 5.08. The number of hydrogen-bond donors (Lipinski definition) is 3. The van der Waals surface area contributed by atoms with Crippen molar-refractivity contribution < 1.29 is 19.3 Å². The molecule has 1 aliphatic heterocycles. The van der Waals surface area contributed by atoms with Crippen LogP contribution in [0, 0.1) is 0 Å². The molecule has 2 heterocycles. The number of para-hydroxylation sites is 1. The lowest BCUT2D eigenvalue weighted by atomic mass is 10.0. The van der Waals surface area contributed by atoms with E-state index in [0.29, 0.717) is 27.9 Å². The van der Waals surface area contributed by atoms with E-state index in [1.807, 2.05) is 60.7 Å². The molecule has 4 aromatic rings. The van der Waals surface area contributed by atoms with Gasteiger partial charge in [-0.05, 0) is 40.6 Å². The number of nitrogens with zero attached hydrogens (tertiary/aromatic N) is 2. The van der Waals surface area contributed by atoms with Crippen LogP contribution >= 0.6 is 27.7 Å². The fourth-order valence-electron chi connectivity index (χ4n) is 3.89. The van der Waals surface area contributed by atoms with Crippen LogP contribution < -0.4 is 20.3 Å². The van der Waals surface area contributed by atoms with Gasteiger partial charge >= 0.3 is 17.2 Å². The molecule has 0 bridgehead atoms. The number of carboxylic acids is 1. The third kappa shape index (κ3) is 4.94. The highest BCUT2D eigenvalue weighted by atomic mass is 79.9. The quantitative estimate of drug-likeness (QED) is 0.233. The molecule has 0 amide bonds. The number of H-pyrrole nitrogens is 1. The summed E-state index contributed by atoms with van der Waals surface area (Å²) in [6.45, 7) is -0.490. The van der Waals surface area contributed by atoms with Gasteiger partial charge in [0.25, 0.3) is 6.17 Å². The normalized spacial score (nSPS) is 13.9. The first-order chi connectivity index (χ1) is 17.0. The molecule has 5 rings (SSSR count). The molecule has 0 spiro atoms. The number of aliphatic carboxylic acids is 1. The summed E-state index contributed by atoms with van der Waals surface area (Å²) >= 11 is 4.92. The minimum Gasteiger partial charge on any atom is -0.481 e. The van der Waals surface area contributed by atoms with Gasteiger partial charge in [0, 0.05) is 15.3 Å². The largest absolute Gasteiger partial charge is 0.481 e. The summed E-state index contributed by atoms with van der Waals surface area (Å²) < 4.78 is 8.00. The highest BCUT2D eigenvalue weighted by molar-refractivity contribution is 9.10. The lowest BCUT2D eigenvalue weighted by Crippen LogP contribution is -2.55. The lowest BCUT2D eigenvalue weighted by molar-refractivity contribution is -0.759. The van der Waals surface area contributed by atoms with Crippen LogP contribution in [0.1, 0.15) is 17.3 Å². The highest BCUT2D eigenvalue weighted by Crippen LogP contribution is 2.36. The number of carboxylic acid groups (broad SMARTS) is 1. The van der Waals surface area contributed by atoms with E-state index in [0.717, 1.165) is 21.3 Å². The van der Waals surface area contributed by atoms with Crippen LogP contribution in [0.15, 0.2) is 87.2 Å². The molecule has 0 saturated heterocycles. The maximum Gasteiger partial charge on any atom is 0.341 e. The molecule has 0 radical (unpaired) electrons. The average molecular weight is 552 g/mol. The van der Waals surface area contributed by atoms with Crippen molar-refractivity contribution in [2.45, 2.75) is 17.1 Å². The van der Waals surface area contributed by atoms with Gasteiger partial charge < -0.3 is 15.2 Å². The van der Waals surface area contributed by atoms with E-state index in [1.165, 1.54) is 11.8 Å². The minimum absolute atomic E-state index is 0.266. The third-order valence-electron chi connectivity index (χ3n) is 5.42. The molecule has 8 nitrogen and oxygen atoms in total. The molecule has 1 aromatic heterocycles. The van der Waals surface area contributed by atoms with Crippen LogP contribution in [-0.4, -0.2) is 27.8 Å².